The summed E-state index contributed by atoms with van der Waals surface area (Å²) in [6, 6.07) is 67.7. The van der Waals surface area contributed by atoms with E-state index < -0.39 is 0 Å². The Balaban J connectivity index is 1.26. The van der Waals surface area contributed by atoms with E-state index in [2.05, 4.69) is 182 Å². The standard InChI is InChI=1S/C50H30/c1-3-12-33-28-35(22-20-31(33)10-1)36-24-25-46-47(30-36)48(37-23-21-32-11-2-4-13-34(32)29-37)41-16-7-8-17-42(41)50(46)45-27-26-44-39-15-6-5-14-38(39)40-18-9-19-43(45)49(40)44/h1-30H. The first kappa shape index (κ1) is 27.5. The molecule has 0 N–H and O–H groups in total. The van der Waals surface area contributed by atoms with Gasteiger partial charge in [0, 0.05) is 0 Å². The highest BCUT2D eigenvalue weighted by molar-refractivity contribution is 6.27. The molecule has 10 aromatic carbocycles. The second-order valence-corrected chi connectivity index (χ2v) is 13.6. The third kappa shape index (κ3) is 3.94. The molecule has 0 heterocycles. The molecule has 1 aliphatic rings. The normalized spacial score (nSPS) is 12.0. The molecule has 0 aliphatic heterocycles. The lowest BCUT2D eigenvalue weighted by Crippen LogP contribution is -1.93. The van der Waals surface area contributed by atoms with Gasteiger partial charge < -0.3 is 0 Å². The van der Waals surface area contributed by atoms with Gasteiger partial charge in [0.05, 0.1) is 0 Å². The van der Waals surface area contributed by atoms with E-state index >= 15 is 0 Å². The van der Waals surface area contributed by atoms with Crippen molar-refractivity contribution in [2.24, 2.45) is 0 Å². The largest absolute Gasteiger partial charge is 0.0616 e. The van der Waals surface area contributed by atoms with Crippen LogP contribution in [-0.4, -0.2) is 0 Å². The molecule has 10 aromatic rings. The molecule has 0 aromatic heterocycles. The maximum absolute atomic E-state index is 2.44. The fourth-order valence-corrected chi connectivity index (χ4v) is 8.70. The summed E-state index contributed by atoms with van der Waals surface area (Å²) in [6.45, 7) is 0. The third-order valence-corrected chi connectivity index (χ3v) is 11.0. The Bertz CT molecular complexity index is 3000. The van der Waals surface area contributed by atoms with E-state index in [0.29, 0.717) is 0 Å². The number of benzene rings is 10. The molecule has 0 radical (unpaired) electrons. The zero-order valence-electron chi connectivity index (χ0n) is 27.3. The van der Waals surface area contributed by atoms with Crippen molar-refractivity contribution in [1.82, 2.24) is 0 Å². The summed E-state index contributed by atoms with van der Waals surface area (Å²) in [4.78, 5) is 0. The lowest BCUT2D eigenvalue weighted by atomic mass is 9.83. The van der Waals surface area contributed by atoms with Gasteiger partial charge in [-0.05, 0) is 128 Å². The first-order valence-electron chi connectivity index (χ1n) is 17.4. The molecule has 0 unspecified atom stereocenters. The Morgan fingerprint density at radius 3 is 1.44 bits per heavy atom. The Hall–Kier alpha value is -6.50. The highest BCUT2D eigenvalue weighted by Gasteiger charge is 2.24. The van der Waals surface area contributed by atoms with E-state index in [4.69, 9.17) is 0 Å². The topological polar surface area (TPSA) is 0 Å². The van der Waals surface area contributed by atoms with Crippen molar-refractivity contribution < 1.29 is 0 Å². The molecule has 0 saturated heterocycles. The monoisotopic (exact) mass is 630 g/mol. The lowest BCUT2D eigenvalue weighted by molar-refractivity contribution is 1.66. The predicted molar refractivity (Wildman–Crippen MR) is 215 cm³/mol. The van der Waals surface area contributed by atoms with Crippen molar-refractivity contribution >= 4 is 53.9 Å². The van der Waals surface area contributed by atoms with Crippen molar-refractivity contribution in [2.45, 2.75) is 0 Å². The minimum Gasteiger partial charge on any atom is -0.0616 e. The molecule has 0 saturated carbocycles. The van der Waals surface area contributed by atoms with E-state index in [-0.39, 0.29) is 0 Å². The maximum Gasteiger partial charge on any atom is -0.00201 e. The zero-order valence-corrected chi connectivity index (χ0v) is 27.3. The molecule has 11 rings (SSSR count). The summed E-state index contributed by atoms with van der Waals surface area (Å²) in [5.41, 5.74) is 12.9. The highest BCUT2D eigenvalue weighted by Crippen LogP contribution is 2.52. The van der Waals surface area contributed by atoms with Crippen LogP contribution in [0, 0.1) is 0 Å². The van der Waals surface area contributed by atoms with Crippen molar-refractivity contribution in [3.05, 3.63) is 182 Å². The van der Waals surface area contributed by atoms with Crippen LogP contribution in [0.1, 0.15) is 0 Å². The first-order valence-corrected chi connectivity index (χ1v) is 17.4. The molecule has 0 spiro atoms. The van der Waals surface area contributed by atoms with Crippen molar-refractivity contribution in [3.63, 3.8) is 0 Å². The average Bonchev–Trinajstić information content (AvgIpc) is 3.51. The second kappa shape index (κ2) is 10.5. The minimum absolute atomic E-state index is 1.22. The molecule has 0 nitrogen and oxygen atoms in total. The molecule has 0 bridgehead atoms. The SMILES string of the molecule is c1ccc2c(c1)-c1cccc3c(-c4c5ccccc5c(-c5ccc6ccccc6c5)c5cc(-c6ccc7ccccc7c6)ccc45)ccc-2c13. The van der Waals surface area contributed by atoms with Crippen LogP contribution in [0.5, 0.6) is 0 Å². The Kier molecular flexibility index (Phi) is 5.76. The van der Waals surface area contributed by atoms with E-state index in [1.165, 1.54) is 109 Å². The van der Waals surface area contributed by atoms with Gasteiger partial charge in [0.15, 0.2) is 0 Å². The smallest absolute Gasteiger partial charge is 0.00201 e. The number of hydrogen-bond acceptors (Lipinski definition) is 0. The van der Waals surface area contributed by atoms with Gasteiger partial charge in [-0.25, -0.2) is 0 Å². The molecule has 0 heteroatoms. The molecule has 0 atom stereocenters. The van der Waals surface area contributed by atoms with Crippen molar-refractivity contribution in [1.29, 1.82) is 0 Å². The molecule has 50 heavy (non-hydrogen) atoms. The summed E-state index contributed by atoms with van der Waals surface area (Å²) >= 11 is 0. The summed E-state index contributed by atoms with van der Waals surface area (Å²) in [7, 11) is 0. The number of hydrogen-bond donors (Lipinski definition) is 0. The van der Waals surface area contributed by atoms with Crippen LogP contribution in [0.4, 0.5) is 0 Å². The van der Waals surface area contributed by atoms with Crippen LogP contribution in [0.3, 0.4) is 0 Å². The quantitative estimate of drug-likeness (QED) is 0.170. The summed E-state index contributed by atoms with van der Waals surface area (Å²) in [5.74, 6) is 0. The van der Waals surface area contributed by atoms with E-state index in [9.17, 15) is 0 Å². The van der Waals surface area contributed by atoms with Gasteiger partial charge in [-0.1, -0.05) is 164 Å². The van der Waals surface area contributed by atoms with Gasteiger partial charge in [-0.2, -0.15) is 0 Å². The lowest BCUT2D eigenvalue weighted by Gasteiger charge is -2.20. The highest BCUT2D eigenvalue weighted by atomic mass is 14.3. The third-order valence-electron chi connectivity index (χ3n) is 11.0. The van der Waals surface area contributed by atoms with Gasteiger partial charge in [0.2, 0.25) is 0 Å². The Morgan fingerprint density at radius 2 is 0.700 bits per heavy atom. The Labute approximate surface area is 290 Å². The predicted octanol–water partition coefficient (Wildman–Crippen LogP) is 14.1. The fourth-order valence-electron chi connectivity index (χ4n) is 8.70. The van der Waals surface area contributed by atoms with Crippen molar-refractivity contribution in [3.8, 4) is 55.6 Å². The van der Waals surface area contributed by atoms with E-state index in [1.54, 1.807) is 0 Å². The molecular weight excluding hydrogens is 601 g/mol. The van der Waals surface area contributed by atoms with Crippen LogP contribution in [0.2, 0.25) is 0 Å². The van der Waals surface area contributed by atoms with Crippen LogP contribution >= 0.6 is 0 Å². The molecule has 230 valence electrons. The van der Waals surface area contributed by atoms with Gasteiger partial charge in [-0.3, -0.25) is 0 Å². The van der Waals surface area contributed by atoms with Gasteiger partial charge >= 0.3 is 0 Å². The number of fused-ring (bicyclic) bond motifs is 7. The molecule has 1 aliphatic carbocycles. The molecule has 0 amide bonds. The van der Waals surface area contributed by atoms with Crippen LogP contribution < -0.4 is 0 Å². The van der Waals surface area contributed by atoms with Crippen molar-refractivity contribution in [2.75, 3.05) is 0 Å². The van der Waals surface area contributed by atoms with E-state index in [1.807, 2.05) is 0 Å². The molecular formula is C50H30. The van der Waals surface area contributed by atoms with E-state index in [0.717, 1.165) is 0 Å². The number of rotatable bonds is 3. The van der Waals surface area contributed by atoms with Crippen LogP contribution in [-0.2, 0) is 0 Å². The average molecular weight is 631 g/mol. The fraction of sp³-hybridized carbons (Fsp3) is 0. The van der Waals surface area contributed by atoms with Gasteiger partial charge in [-0.15, -0.1) is 0 Å². The molecule has 0 fully saturated rings. The maximum atomic E-state index is 2.44. The van der Waals surface area contributed by atoms with Crippen LogP contribution in [0.25, 0.3) is 109 Å². The summed E-state index contributed by atoms with van der Waals surface area (Å²) < 4.78 is 0. The van der Waals surface area contributed by atoms with Crippen LogP contribution in [0.15, 0.2) is 182 Å². The Morgan fingerprint density at radius 1 is 0.220 bits per heavy atom. The second-order valence-electron chi connectivity index (χ2n) is 13.6. The summed E-state index contributed by atoms with van der Waals surface area (Å²) in [5, 5.41) is 12.8. The summed E-state index contributed by atoms with van der Waals surface area (Å²) in [6.07, 6.45) is 0. The zero-order chi connectivity index (χ0) is 32.8. The van der Waals surface area contributed by atoms with Gasteiger partial charge in [0.1, 0.15) is 0 Å². The first-order chi connectivity index (χ1) is 24.8. The van der Waals surface area contributed by atoms with Gasteiger partial charge in [0.25, 0.3) is 0 Å². The minimum atomic E-state index is 1.22.